The van der Waals surface area contributed by atoms with E-state index in [2.05, 4.69) is 10.6 Å². The molecule has 1 atom stereocenters. The van der Waals surface area contributed by atoms with Crippen LogP contribution in [0.2, 0.25) is 0 Å². The lowest BCUT2D eigenvalue weighted by atomic mass is 10.0. The number of imide groups is 1. The zero-order valence-corrected chi connectivity index (χ0v) is 17.2. The molecule has 160 valence electrons. The molecule has 4 rings (SSSR count). The number of nitrogens with zero attached hydrogens (tertiary/aromatic N) is 2. The summed E-state index contributed by atoms with van der Waals surface area (Å²) in [6.07, 6.45) is 0. The molecule has 2 N–H and O–H groups in total. The summed E-state index contributed by atoms with van der Waals surface area (Å²) in [5, 5.41) is 5.67. The zero-order chi connectivity index (χ0) is 21.8. The second-order valence-electron chi connectivity index (χ2n) is 7.36. The zero-order valence-electron chi connectivity index (χ0n) is 17.2. The first-order valence-corrected chi connectivity index (χ1v) is 10.2. The van der Waals surface area contributed by atoms with E-state index in [4.69, 9.17) is 4.42 Å². The van der Waals surface area contributed by atoms with Gasteiger partial charge in [-0.25, -0.2) is 4.79 Å². The molecule has 0 spiro atoms. The van der Waals surface area contributed by atoms with Crippen LogP contribution >= 0.6 is 0 Å². The van der Waals surface area contributed by atoms with Crippen LogP contribution in [0, 0.1) is 0 Å². The monoisotopic (exact) mass is 420 g/mol. The Labute approximate surface area is 179 Å². The highest BCUT2D eigenvalue weighted by atomic mass is 16.3. The Balaban J connectivity index is 1.47. The van der Waals surface area contributed by atoms with Crippen LogP contribution in [0.25, 0.3) is 11.0 Å². The molecule has 0 unspecified atom stereocenters. The smallest absolute Gasteiger partial charge is 0.321 e. The lowest BCUT2D eigenvalue weighted by molar-refractivity contribution is -0.126. The van der Waals surface area contributed by atoms with E-state index in [-0.39, 0.29) is 5.91 Å². The van der Waals surface area contributed by atoms with E-state index in [0.717, 1.165) is 10.9 Å². The maximum Gasteiger partial charge on any atom is 0.321 e. The molecule has 2 heterocycles. The van der Waals surface area contributed by atoms with E-state index >= 15 is 0 Å². The summed E-state index contributed by atoms with van der Waals surface area (Å²) < 4.78 is 5.71. The van der Waals surface area contributed by atoms with E-state index in [0.29, 0.717) is 37.5 Å². The number of hydrogen-bond donors (Lipinski definition) is 2. The van der Waals surface area contributed by atoms with Crippen molar-refractivity contribution in [3.05, 3.63) is 72.0 Å². The molecule has 1 saturated heterocycles. The largest absolute Gasteiger partial charge is 0.451 e. The van der Waals surface area contributed by atoms with Gasteiger partial charge in [0.25, 0.3) is 5.91 Å². The second kappa shape index (κ2) is 9.01. The summed E-state index contributed by atoms with van der Waals surface area (Å²) in [6, 6.07) is 17.4. The van der Waals surface area contributed by atoms with Crippen LogP contribution in [0.15, 0.2) is 65.1 Å². The molecule has 0 aliphatic carbocycles. The van der Waals surface area contributed by atoms with Gasteiger partial charge in [-0.1, -0.05) is 48.5 Å². The van der Waals surface area contributed by atoms with Gasteiger partial charge in [-0.05, 0) is 17.7 Å². The van der Waals surface area contributed by atoms with Crippen molar-refractivity contribution in [2.45, 2.75) is 6.04 Å². The van der Waals surface area contributed by atoms with Gasteiger partial charge in [0.2, 0.25) is 5.91 Å². The SMILES string of the molecule is CNC(=O)NC(=O)[C@H](c1ccccc1)N1CCN(C(=O)c2cc3ccccc3o2)CC1. The lowest BCUT2D eigenvalue weighted by Crippen LogP contribution is -2.53. The quantitative estimate of drug-likeness (QED) is 0.676. The maximum atomic E-state index is 12.9. The van der Waals surface area contributed by atoms with Crippen LogP contribution in [0.3, 0.4) is 0 Å². The van der Waals surface area contributed by atoms with Crippen LogP contribution in [-0.2, 0) is 4.79 Å². The predicted octanol–water partition coefficient (Wildman–Crippen LogP) is 2.39. The van der Waals surface area contributed by atoms with Crippen molar-refractivity contribution in [1.82, 2.24) is 20.4 Å². The number of carbonyl (C=O) groups is 3. The topological polar surface area (TPSA) is 94.9 Å². The average molecular weight is 420 g/mol. The summed E-state index contributed by atoms with van der Waals surface area (Å²) in [7, 11) is 1.46. The lowest BCUT2D eigenvalue weighted by Gasteiger charge is -2.38. The van der Waals surface area contributed by atoms with Gasteiger partial charge in [-0.3, -0.25) is 19.8 Å². The Morgan fingerprint density at radius 3 is 2.29 bits per heavy atom. The molecule has 2 aromatic carbocycles. The molecule has 8 nitrogen and oxygen atoms in total. The average Bonchev–Trinajstić information content (AvgIpc) is 3.24. The number of urea groups is 1. The number of carbonyl (C=O) groups excluding carboxylic acids is 3. The van der Waals surface area contributed by atoms with E-state index < -0.39 is 18.0 Å². The van der Waals surface area contributed by atoms with Crippen molar-refractivity contribution in [2.75, 3.05) is 33.2 Å². The molecule has 3 aromatic rings. The fourth-order valence-corrected chi connectivity index (χ4v) is 3.83. The molecule has 1 fully saturated rings. The molecule has 8 heteroatoms. The third-order valence-corrected chi connectivity index (χ3v) is 5.43. The van der Waals surface area contributed by atoms with Gasteiger partial charge in [-0.2, -0.15) is 0 Å². The highest BCUT2D eigenvalue weighted by Gasteiger charge is 2.33. The van der Waals surface area contributed by atoms with Gasteiger partial charge in [0.05, 0.1) is 0 Å². The molecule has 1 aliphatic heterocycles. The van der Waals surface area contributed by atoms with Gasteiger partial charge in [0.15, 0.2) is 5.76 Å². The number of piperazine rings is 1. The summed E-state index contributed by atoms with van der Waals surface area (Å²) in [6.45, 7) is 1.89. The van der Waals surface area contributed by atoms with Crippen LogP contribution in [0.5, 0.6) is 0 Å². The molecule has 0 saturated carbocycles. The first-order valence-electron chi connectivity index (χ1n) is 10.2. The second-order valence-corrected chi connectivity index (χ2v) is 7.36. The Kier molecular flexibility index (Phi) is 5.99. The Bertz CT molecular complexity index is 1050. The van der Waals surface area contributed by atoms with E-state index in [1.807, 2.05) is 59.5 Å². The number of benzene rings is 2. The fourth-order valence-electron chi connectivity index (χ4n) is 3.83. The summed E-state index contributed by atoms with van der Waals surface area (Å²) in [5.74, 6) is -0.254. The number of nitrogens with one attached hydrogen (secondary N) is 2. The minimum absolute atomic E-state index is 0.165. The van der Waals surface area contributed by atoms with Crippen molar-refractivity contribution in [2.24, 2.45) is 0 Å². The Morgan fingerprint density at radius 2 is 1.61 bits per heavy atom. The minimum Gasteiger partial charge on any atom is -0.451 e. The van der Waals surface area contributed by atoms with Crippen molar-refractivity contribution in [3.63, 3.8) is 0 Å². The maximum absolute atomic E-state index is 12.9. The third-order valence-electron chi connectivity index (χ3n) is 5.43. The van der Waals surface area contributed by atoms with Gasteiger partial charge in [0.1, 0.15) is 11.6 Å². The van der Waals surface area contributed by atoms with Crippen molar-refractivity contribution < 1.29 is 18.8 Å². The first kappa shape index (κ1) is 20.6. The van der Waals surface area contributed by atoms with Gasteiger partial charge >= 0.3 is 6.03 Å². The van der Waals surface area contributed by atoms with E-state index in [9.17, 15) is 14.4 Å². The molecule has 0 radical (unpaired) electrons. The predicted molar refractivity (Wildman–Crippen MR) is 115 cm³/mol. The minimum atomic E-state index is -0.623. The number of hydrogen-bond acceptors (Lipinski definition) is 5. The number of furan rings is 1. The summed E-state index contributed by atoms with van der Waals surface area (Å²) in [4.78, 5) is 41.2. The fraction of sp³-hybridized carbons (Fsp3) is 0.261. The molecular weight excluding hydrogens is 396 g/mol. The highest BCUT2D eigenvalue weighted by Crippen LogP contribution is 2.24. The number of para-hydroxylation sites is 1. The Morgan fingerprint density at radius 1 is 0.935 bits per heavy atom. The molecule has 0 bridgehead atoms. The van der Waals surface area contributed by atoms with E-state index in [1.165, 1.54) is 7.05 Å². The van der Waals surface area contributed by atoms with Crippen molar-refractivity contribution in [1.29, 1.82) is 0 Å². The van der Waals surface area contributed by atoms with Gasteiger partial charge in [-0.15, -0.1) is 0 Å². The molecule has 1 aromatic heterocycles. The van der Waals surface area contributed by atoms with Crippen LogP contribution in [0.4, 0.5) is 4.79 Å². The molecule has 31 heavy (non-hydrogen) atoms. The standard InChI is InChI=1S/C23H24N4O4/c1-24-23(30)25-21(28)20(16-7-3-2-4-8-16)26-11-13-27(14-12-26)22(29)19-15-17-9-5-6-10-18(17)31-19/h2-10,15,20H,11-14H2,1H3,(H2,24,25,28,30)/t20-/m0/s1. The summed E-state index contributed by atoms with van der Waals surface area (Å²) >= 11 is 0. The highest BCUT2D eigenvalue weighted by molar-refractivity contribution is 5.98. The van der Waals surface area contributed by atoms with Gasteiger partial charge < -0.3 is 14.6 Å². The Hall–Kier alpha value is -3.65. The number of rotatable bonds is 4. The number of amides is 4. The molecule has 4 amide bonds. The molecule has 1 aliphatic rings. The van der Waals surface area contributed by atoms with Crippen LogP contribution in [-0.4, -0.2) is 60.9 Å². The van der Waals surface area contributed by atoms with Crippen LogP contribution < -0.4 is 10.6 Å². The van der Waals surface area contributed by atoms with Gasteiger partial charge in [0, 0.05) is 38.6 Å². The molecular formula is C23H24N4O4. The van der Waals surface area contributed by atoms with E-state index in [1.54, 1.807) is 11.0 Å². The van der Waals surface area contributed by atoms with Crippen LogP contribution in [0.1, 0.15) is 22.2 Å². The normalized spacial score (nSPS) is 15.5. The third kappa shape index (κ3) is 4.44. The summed E-state index contributed by atoms with van der Waals surface area (Å²) in [5.41, 5.74) is 1.47. The number of fused-ring (bicyclic) bond motifs is 1. The first-order chi connectivity index (χ1) is 15.1. The van der Waals surface area contributed by atoms with Crippen molar-refractivity contribution in [3.8, 4) is 0 Å². The van der Waals surface area contributed by atoms with Crippen molar-refractivity contribution >= 4 is 28.8 Å².